The maximum atomic E-state index is 11.9. The number of carbonyl (C=O) groups is 2. The van der Waals surface area contributed by atoms with E-state index in [9.17, 15) is 14.7 Å². The van der Waals surface area contributed by atoms with Crippen LogP contribution in [0.15, 0.2) is 18.3 Å². The monoisotopic (exact) mass is 277 g/mol. The zero-order valence-electron chi connectivity index (χ0n) is 11.7. The number of amides is 1. The van der Waals surface area contributed by atoms with Gasteiger partial charge in [-0.2, -0.15) is 5.10 Å². The van der Waals surface area contributed by atoms with Crippen molar-refractivity contribution in [2.45, 2.75) is 32.2 Å². The van der Waals surface area contributed by atoms with Crippen LogP contribution in [0.2, 0.25) is 0 Å². The fourth-order valence-corrected chi connectivity index (χ4v) is 2.58. The Morgan fingerprint density at radius 2 is 2.35 bits per heavy atom. The summed E-state index contributed by atoms with van der Waals surface area (Å²) in [5.74, 6) is -1.12. The van der Waals surface area contributed by atoms with Gasteiger partial charge in [-0.05, 0) is 31.9 Å². The number of hydrogen-bond acceptors (Lipinski definition) is 3. The predicted molar refractivity (Wildman–Crippen MR) is 73.8 cm³/mol. The topological polar surface area (TPSA) is 84.2 Å². The van der Waals surface area contributed by atoms with E-state index in [4.69, 9.17) is 0 Å². The lowest BCUT2D eigenvalue weighted by Gasteiger charge is -2.27. The summed E-state index contributed by atoms with van der Waals surface area (Å²) in [7, 11) is 1.79. The quantitative estimate of drug-likeness (QED) is 0.810. The van der Waals surface area contributed by atoms with Gasteiger partial charge in [-0.15, -0.1) is 0 Å². The molecule has 2 N–H and O–H groups in total. The molecule has 2 atom stereocenters. The third kappa shape index (κ3) is 2.74. The van der Waals surface area contributed by atoms with Crippen molar-refractivity contribution in [1.29, 1.82) is 0 Å². The van der Waals surface area contributed by atoms with Crippen LogP contribution in [0.4, 0.5) is 0 Å². The first-order valence-corrected chi connectivity index (χ1v) is 6.63. The van der Waals surface area contributed by atoms with E-state index in [0.717, 1.165) is 12.1 Å². The van der Waals surface area contributed by atoms with Crippen LogP contribution < -0.4 is 5.32 Å². The molecule has 0 spiro atoms. The Morgan fingerprint density at radius 3 is 2.95 bits per heavy atom. The summed E-state index contributed by atoms with van der Waals surface area (Å²) < 4.78 is 1.65. The van der Waals surface area contributed by atoms with Gasteiger partial charge in [0.05, 0.1) is 11.1 Å². The summed E-state index contributed by atoms with van der Waals surface area (Å²) in [5, 5.41) is 16.1. The molecular formula is C14H19N3O3. The van der Waals surface area contributed by atoms with Gasteiger partial charge in [-0.25, -0.2) is 0 Å². The molecule has 2 unspecified atom stereocenters. The second-order valence-corrected chi connectivity index (χ2v) is 5.39. The third-order valence-corrected chi connectivity index (χ3v) is 4.03. The van der Waals surface area contributed by atoms with E-state index in [1.807, 2.05) is 0 Å². The zero-order chi connectivity index (χ0) is 14.8. The Morgan fingerprint density at radius 1 is 1.60 bits per heavy atom. The molecule has 6 heteroatoms. The van der Waals surface area contributed by atoms with E-state index < -0.39 is 11.4 Å². The summed E-state index contributed by atoms with van der Waals surface area (Å²) in [6, 6.07) is 1.48. The van der Waals surface area contributed by atoms with Crippen LogP contribution in [-0.2, 0) is 16.6 Å². The number of hydrogen-bond donors (Lipinski definition) is 2. The highest BCUT2D eigenvalue weighted by molar-refractivity contribution is 5.92. The molecule has 6 nitrogen and oxygen atoms in total. The minimum atomic E-state index is -0.865. The van der Waals surface area contributed by atoms with Crippen LogP contribution in [0, 0.1) is 5.41 Å². The highest BCUT2D eigenvalue weighted by Gasteiger charge is 2.45. The van der Waals surface area contributed by atoms with Crippen LogP contribution >= 0.6 is 0 Å². The van der Waals surface area contributed by atoms with Crippen molar-refractivity contribution >= 4 is 18.0 Å². The molecule has 20 heavy (non-hydrogen) atoms. The van der Waals surface area contributed by atoms with Crippen molar-refractivity contribution in [2.75, 3.05) is 0 Å². The number of carboxylic acids is 1. The minimum absolute atomic E-state index is 0.273. The van der Waals surface area contributed by atoms with Gasteiger partial charge in [0.25, 0.3) is 0 Å². The van der Waals surface area contributed by atoms with Gasteiger partial charge in [0.2, 0.25) is 5.91 Å². The first-order chi connectivity index (χ1) is 9.43. The van der Waals surface area contributed by atoms with Gasteiger partial charge in [0.15, 0.2) is 0 Å². The largest absolute Gasteiger partial charge is 0.481 e. The first-order valence-electron chi connectivity index (χ1n) is 6.63. The maximum absolute atomic E-state index is 11.9. The fraction of sp³-hybridized carbons (Fsp3) is 0.500. The van der Waals surface area contributed by atoms with Crippen molar-refractivity contribution in [3.63, 3.8) is 0 Å². The van der Waals surface area contributed by atoms with E-state index in [0.29, 0.717) is 12.8 Å². The lowest BCUT2D eigenvalue weighted by molar-refractivity contribution is -0.148. The van der Waals surface area contributed by atoms with Gasteiger partial charge in [-0.1, -0.05) is 6.42 Å². The molecular weight excluding hydrogens is 258 g/mol. The Bertz CT molecular complexity index is 550. The zero-order valence-corrected chi connectivity index (χ0v) is 11.7. The summed E-state index contributed by atoms with van der Waals surface area (Å²) >= 11 is 0. The van der Waals surface area contributed by atoms with E-state index in [1.165, 1.54) is 6.08 Å². The second kappa shape index (κ2) is 5.48. The number of carboxylic acid groups (broad SMARTS) is 1. The smallest absolute Gasteiger partial charge is 0.311 e. The van der Waals surface area contributed by atoms with Gasteiger partial charge in [0, 0.05) is 25.4 Å². The van der Waals surface area contributed by atoms with Gasteiger partial charge < -0.3 is 10.4 Å². The average molecular weight is 277 g/mol. The molecule has 0 radical (unpaired) electrons. The summed E-state index contributed by atoms with van der Waals surface area (Å²) in [6.45, 7) is 1.69. The van der Waals surface area contributed by atoms with Crippen LogP contribution in [-0.4, -0.2) is 32.8 Å². The molecule has 1 heterocycles. The number of aliphatic carboxylic acids is 1. The molecule has 1 aromatic heterocycles. The molecule has 1 aliphatic rings. The van der Waals surface area contributed by atoms with Crippen molar-refractivity contribution < 1.29 is 14.7 Å². The maximum Gasteiger partial charge on any atom is 0.311 e. The lowest BCUT2D eigenvalue weighted by atomic mass is 9.85. The van der Waals surface area contributed by atoms with Gasteiger partial charge in [0.1, 0.15) is 0 Å². The van der Waals surface area contributed by atoms with E-state index in [2.05, 4.69) is 10.4 Å². The van der Waals surface area contributed by atoms with Gasteiger partial charge >= 0.3 is 5.97 Å². The Balaban J connectivity index is 2.00. The Hall–Kier alpha value is -2.11. The lowest BCUT2D eigenvalue weighted by Crippen LogP contribution is -2.46. The molecule has 1 aromatic rings. The van der Waals surface area contributed by atoms with Gasteiger partial charge in [-0.3, -0.25) is 14.3 Å². The number of aromatic nitrogens is 2. The Kier molecular flexibility index (Phi) is 3.92. The summed E-state index contributed by atoms with van der Waals surface area (Å²) in [5.41, 5.74) is -0.0525. The normalized spacial score (nSPS) is 26.0. The van der Waals surface area contributed by atoms with Crippen molar-refractivity contribution in [1.82, 2.24) is 15.1 Å². The molecule has 1 aliphatic carbocycles. The molecule has 2 rings (SSSR count). The molecule has 108 valence electrons. The molecule has 1 fully saturated rings. The number of nitrogens with zero attached hydrogens (tertiary/aromatic N) is 2. The van der Waals surface area contributed by atoms with Crippen molar-refractivity contribution in [2.24, 2.45) is 12.5 Å². The van der Waals surface area contributed by atoms with Crippen LogP contribution in [0.3, 0.4) is 0 Å². The molecule has 0 saturated heterocycles. The van der Waals surface area contributed by atoms with Crippen molar-refractivity contribution in [3.05, 3.63) is 24.0 Å². The second-order valence-electron chi connectivity index (χ2n) is 5.39. The standard InChI is InChI=1S/C14H19N3O3/c1-14(13(19)20)8-3-4-11(14)16-12(18)6-5-10-7-9-15-17(10)2/h5-7,9,11H,3-4,8H2,1-2H3,(H,16,18)(H,19,20)/b6-5+. The molecule has 1 amide bonds. The number of carbonyl (C=O) groups excluding carboxylic acids is 1. The molecule has 0 aliphatic heterocycles. The van der Waals surface area contributed by atoms with Crippen LogP contribution in [0.25, 0.3) is 6.08 Å². The highest BCUT2D eigenvalue weighted by atomic mass is 16.4. The van der Waals surface area contributed by atoms with E-state index >= 15 is 0 Å². The van der Waals surface area contributed by atoms with E-state index in [-0.39, 0.29) is 11.9 Å². The SMILES string of the molecule is Cn1nccc1/C=C/C(=O)NC1CCCC1(C)C(=O)O. The first kappa shape index (κ1) is 14.3. The average Bonchev–Trinajstić information content (AvgIpc) is 2.95. The number of nitrogens with one attached hydrogen (secondary N) is 1. The number of aryl methyl sites for hydroxylation is 1. The highest BCUT2D eigenvalue weighted by Crippen LogP contribution is 2.38. The minimum Gasteiger partial charge on any atom is -0.481 e. The van der Waals surface area contributed by atoms with E-state index in [1.54, 1.807) is 37.0 Å². The fourth-order valence-electron chi connectivity index (χ4n) is 2.58. The summed E-state index contributed by atoms with van der Waals surface area (Å²) in [4.78, 5) is 23.2. The van der Waals surface area contributed by atoms with Crippen LogP contribution in [0.1, 0.15) is 31.9 Å². The molecule has 0 aromatic carbocycles. The molecule has 1 saturated carbocycles. The van der Waals surface area contributed by atoms with Crippen LogP contribution in [0.5, 0.6) is 0 Å². The summed E-state index contributed by atoms with van der Waals surface area (Å²) in [6.07, 6.45) is 6.84. The molecule has 0 bridgehead atoms. The third-order valence-electron chi connectivity index (χ3n) is 4.03. The Labute approximate surface area is 117 Å². The van der Waals surface area contributed by atoms with Crippen molar-refractivity contribution in [3.8, 4) is 0 Å². The predicted octanol–water partition coefficient (Wildman–Crippen LogP) is 1.19. The number of rotatable bonds is 4.